The molecule has 2 saturated heterocycles. The van der Waals surface area contributed by atoms with Gasteiger partial charge in [-0.2, -0.15) is 5.26 Å². The van der Waals surface area contributed by atoms with Crippen molar-refractivity contribution in [3.8, 4) is 6.07 Å². The molecule has 3 atom stereocenters. The van der Waals surface area contributed by atoms with E-state index < -0.39 is 6.09 Å². The monoisotopic (exact) mass is 425 g/mol. The summed E-state index contributed by atoms with van der Waals surface area (Å²) in [5, 5.41) is 12.8. The van der Waals surface area contributed by atoms with Gasteiger partial charge in [-0.05, 0) is 31.4 Å². The number of aromatic nitrogens is 3. The number of rotatable bonds is 4. The van der Waals surface area contributed by atoms with Crippen LogP contribution in [0.2, 0.25) is 0 Å². The Balaban J connectivity index is 1.57. The number of ether oxygens (including phenoxy) is 1. The minimum atomic E-state index is -0.449. The standard InChI is InChI=1S/C21H27N7O3/c1-14-5-9-27(18(29)3-7-22)12-17(14)26(2)19-16-6-10-28(20(16)25-13-24-19)21(30)31-15-4-8-23-11-15/h6,10,13-15,17,23H,3-5,8-9,11-12H2,1-2H3/t14-,15?,17+/m1/s1. The number of fused-ring (bicyclic) bond motifs is 1. The van der Waals surface area contributed by atoms with Gasteiger partial charge in [-0.25, -0.2) is 19.3 Å². The van der Waals surface area contributed by atoms with Crippen molar-refractivity contribution >= 4 is 28.9 Å². The molecule has 0 saturated carbocycles. The predicted octanol–water partition coefficient (Wildman–Crippen LogP) is 1.36. The topological polar surface area (TPSA) is 116 Å². The largest absolute Gasteiger partial charge is 0.444 e. The molecule has 1 amide bonds. The molecule has 1 unspecified atom stereocenters. The fourth-order valence-corrected chi connectivity index (χ4v) is 4.41. The van der Waals surface area contributed by atoms with E-state index in [1.54, 1.807) is 11.1 Å². The molecule has 31 heavy (non-hydrogen) atoms. The Morgan fingerprint density at radius 3 is 2.97 bits per heavy atom. The van der Waals surface area contributed by atoms with Crippen LogP contribution in [0.3, 0.4) is 0 Å². The number of likely N-dealkylation sites (tertiary alicyclic amines) is 1. The van der Waals surface area contributed by atoms with E-state index in [2.05, 4.69) is 27.1 Å². The van der Waals surface area contributed by atoms with E-state index in [4.69, 9.17) is 10.00 Å². The lowest BCUT2D eigenvalue weighted by Gasteiger charge is -2.42. The summed E-state index contributed by atoms with van der Waals surface area (Å²) in [4.78, 5) is 37.5. The second-order valence-electron chi connectivity index (χ2n) is 8.24. The van der Waals surface area contributed by atoms with Crippen LogP contribution in [0.5, 0.6) is 0 Å². The van der Waals surface area contributed by atoms with Gasteiger partial charge < -0.3 is 19.9 Å². The number of piperidine rings is 1. The first-order valence-electron chi connectivity index (χ1n) is 10.6. The molecule has 0 spiro atoms. The number of nitrogens with zero attached hydrogens (tertiary/aromatic N) is 6. The first-order chi connectivity index (χ1) is 15.0. The molecule has 1 N–H and O–H groups in total. The van der Waals surface area contributed by atoms with Gasteiger partial charge in [0.05, 0.1) is 17.5 Å². The third-order valence-electron chi connectivity index (χ3n) is 6.27. The lowest BCUT2D eigenvalue weighted by atomic mass is 9.92. The number of amides is 1. The van der Waals surface area contributed by atoms with Crippen molar-refractivity contribution in [1.82, 2.24) is 24.8 Å². The summed E-state index contributed by atoms with van der Waals surface area (Å²) >= 11 is 0. The number of anilines is 1. The van der Waals surface area contributed by atoms with Gasteiger partial charge in [0.15, 0.2) is 5.65 Å². The van der Waals surface area contributed by atoms with E-state index in [0.29, 0.717) is 37.0 Å². The second kappa shape index (κ2) is 8.89. The molecule has 10 nitrogen and oxygen atoms in total. The first-order valence-corrected chi connectivity index (χ1v) is 10.6. The molecule has 10 heteroatoms. The maximum atomic E-state index is 12.7. The van der Waals surface area contributed by atoms with Crippen LogP contribution in [0.25, 0.3) is 11.0 Å². The molecule has 2 aliphatic heterocycles. The Morgan fingerprint density at radius 2 is 2.23 bits per heavy atom. The molecule has 0 aromatic carbocycles. The van der Waals surface area contributed by atoms with Crippen LogP contribution in [0.1, 0.15) is 26.2 Å². The molecular weight excluding hydrogens is 398 g/mol. The zero-order chi connectivity index (χ0) is 22.0. The third kappa shape index (κ3) is 4.18. The fourth-order valence-electron chi connectivity index (χ4n) is 4.41. The van der Waals surface area contributed by atoms with Crippen molar-refractivity contribution in [3.63, 3.8) is 0 Å². The average molecular weight is 425 g/mol. The van der Waals surface area contributed by atoms with Crippen molar-refractivity contribution < 1.29 is 14.3 Å². The highest BCUT2D eigenvalue weighted by Gasteiger charge is 2.33. The zero-order valence-corrected chi connectivity index (χ0v) is 17.8. The Labute approximate surface area is 180 Å². The van der Waals surface area contributed by atoms with Crippen molar-refractivity contribution in [2.75, 3.05) is 38.1 Å². The Morgan fingerprint density at radius 1 is 1.39 bits per heavy atom. The molecule has 4 heterocycles. The van der Waals surface area contributed by atoms with E-state index in [-0.39, 0.29) is 24.5 Å². The number of carbonyl (C=O) groups is 2. The van der Waals surface area contributed by atoms with E-state index in [9.17, 15) is 9.59 Å². The van der Waals surface area contributed by atoms with Gasteiger partial charge in [0.1, 0.15) is 24.7 Å². The Bertz CT molecular complexity index is 1010. The van der Waals surface area contributed by atoms with Crippen molar-refractivity contribution in [1.29, 1.82) is 5.26 Å². The van der Waals surface area contributed by atoms with Crippen LogP contribution in [-0.2, 0) is 9.53 Å². The lowest BCUT2D eigenvalue weighted by molar-refractivity contribution is -0.131. The minimum absolute atomic E-state index is 0.0364. The third-order valence-corrected chi connectivity index (χ3v) is 6.27. The van der Waals surface area contributed by atoms with Crippen LogP contribution in [0.4, 0.5) is 10.6 Å². The normalized spacial score (nSPS) is 23.5. The number of hydrogen-bond donors (Lipinski definition) is 1. The minimum Gasteiger partial charge on any atom is -0.444 e. The summed E-state index contributed by atoms with van der Waals surface area (Å²) in [5.74, 6) is 0.893. The molecule has 2 aromatic heterocycles. The van der Waals surface area contributed by atoms with E-state index in [1.807, 2.05) is 19.2 Å². The number of likely N-dealkylation sites (N-methyl/N-ethyl adjacent to an activating group) is 1. The fraction of sp³-hybridized carbons (Fsp3) is 0.571. The van der Waals surface area contributed by atoms with Crippen molar-refractivity contribution in [2.24, 2.45) is 5.92 Å². The van der Waals surface area contributed by atoms with Gasteiger partial charge in [-0.1, -0.05) is 6.92 Å². The maximum absolute atomic E-state index is 12.7. The van der Waals surface area contributed by atoms with Gasteiger partial charge >= 0.3 is 6.09 Å². The quantitative estimate of drug-likeness (QED) is 0.781. The first kappa shape index (κ1) is 21.1. The van der Waals surface area contributed by atoms with E-state index in [1.165, 1.54) is 10.9 Å². The summed E-state index contributed by atoms with van der Waals surface area (Å²) < 4.78 is 6.99. The Kier molecular flexibility index (Phi) is 6.04. The second-order valence-corrected chi connectivity index (χ2v) is 8.24. The van der Waals surface area contributed by atoms with Crippen LogP contribution in [-0.4, -0.2) is 76.8 Å². The number of nitrogens with one attached hydrogen (secondary N) is 1. The highest BCUT2D eigenvalue weighted by atomic mass is 16.6. The van der Waals surface area contributed by atoms with Gasteiger partial charge in [0, 0.05) is 32.9 Å². The summed E-state index contributed by atoms with van der Waals surface area (Å²) in [7, 11) is 1.95. The highest BCUT2D eigenvalue weighted by Crippen LogP contribution is 2.29. The SMILES string of the molecule is C[C@@H]1CCN(C(=O)CC#N)C[C@@H]1N(C)c1ncnc2c1ccn2C(=O)OC1CCNC1. The van der Waals surface area contributed by atoms with Gasteiger partial charge in [0.2, 0.25) is 5.91 Å². The number of carbonyl (C=O) groups excluding carboxylic acids is 2. The van der Waals surface area contributed by atoms with Crippen LogP contribution >= 0.6 is 0 Å². The van der Waals surface area contributed by atoms with Gasteiger partial charge in [-0.15, -0.1) is 0 Å². The molecule has 2 fully saturated rings. The molecule has 0 radical (unpaired) electrons. The smallest absolute Gasteiger partial charge is 0.420 e. The van der Waals surface area contributed by atoms with Crippen LogP contribution in [0.15, 0.2) is 18.6 Å². The molecule has 0 aliphatic carbocycles. The molecule has 2 aromatic rings. The average Bonchev–Trinajstić information content (AvgIpc) is 3.43. The number of nitriles is 1. The summed E-state index contributed by atoms with van der Waals surface area (Å²) in [6.45, 7) is 4.85. The molecule has 0 bridgehead atoms. The highest BCUT2D eigenvalue weighted by molar-refractivity contribution is 5.93. The van der Waals surface area contributed by atoms with E-state index in [0.717, 1.165) is 24.8 Å². The Hall–Kier alpha value is -3.19. The summed E-state index contributed by atoms with van der Waals surface area (Å²) in [6.07, 6.45) is 4.07. The maximum Gasteiger partial charge on any atom is 0.420 e. The molecule has 2 aliphatic rings. The molecular formula is C21H27N7O3. The summed E-state index contributed by atoms with van der Waals surface area (Å²) in [6, 6.07) is 3.80. The zero-order valence-electron chi connectivity index (χ0n) is 17.8. The van der Waals surface area contributed by atoms with Crippen molar-refractivity contribution in [3.05, 3.63) is 18.6 Å². The lowest BCUT2D eigenvalue weighted by Crippen LogP contribution is -2.52. The molecule has 164 valence electrons. The number of hydrogen-bond acceptors (Lipinski definition) is 8. The van der Waals surface area contributed by atoms with E-state index >= 15 is 0 Å². The predicted molar refractivity (Wildman–Crippen MR) is 113 cm³/mol. The van der Waals surface area contributed by atoms with Crippen LogP contribution in [0, 0.1) is 17.2 Å². The summed E-state index contributed by atoms with van der Waals surface area (Å²) in [5.41, 5.74) is 0.494. The molecule has 4 rings (SSSR count). The van der Waals surface area contributed by atoms with Crippen molar-refractivity contribution in [2.45, 2.75) is 38.3 Å². The van der Waals surface area contributed by atoms with Gasteiger partial charge in [0.25, 0.3) is 0 Å². The van der Waals surface area contributed by atoms with Crippen LogP contribution < -0.4 is 10.2 Å². The van der Waals surface area contributed by atoms with Gasteiger partial charge in [-0.3, -0.25) is 4.79 Å².